The van der Waals surface area contributed by atoms with Crippen LogP contribution >= 0.6 is 23.2 Å². The SMILES string of the molecule is CCn1nc(C(=O)Nc2cc(Cl)ccc2Cl)c(=O)c2cc(F)ccc21. The van der Waals surface area contributed by atoms with Crippen molar-refractivity contribution in [3.05, 3.63) is 68.2 Å². The molecule has 1 amide bonds. The lowest BCUT2D eigenvalue weighted by Gasteiger charge is -2.11. The maximum Gasteiger partial charge on any atom is 0.280 e. The summed E-state index contributed by atoms with van der Waals surface area (Å²) in [5.41, 5.74) is -0.306. The molecule has 0 atom stereocenters. The highest BCUT2D eigenvalue weighted by Crippen LogP contribution is 2.25. The monoisotopic (exact) mass is 379 g/mol. The highest BCUT2D eigenvalue weighted by Gasteiger charge is 2.18. The molecule has 0 saturated heterocycles. The molecule has 0 aliphatic heterocycles. The van der Waals surface area contributed by atoms with Gasteiger partial charge >= 0.3 is 0 Å². The Morgan fingerprint density at radius 3 is 2.72 bits per heavy atom. The van der Waals surface area contributed by atoms with Crippen molar-refractivity contribution in [1.82, 2.24) is 9.78 Å². The van der Waals surface area contributed by atoms with Crippen molar-refractivity contribution < 1.29 is 9.18 Å². The van der Waals surface area contributed by atoms with Crippen molar-refractivity contribution in [1.29, 1.82) is 0 Å². The number of hydrogen-bond donors (Lipinski definition) is 1. The molecule has 3 rings (SSSR count). The van der Waals surface area contributed by atoms with Crippen LogP contribution in [0.1, 0.15) is 17.4 Å². The first kappa shape index (κ1) is 17.4. The maximum absolute atomic E-state index is 13.5. The summed E-state index contributed by atoms with van der Waals surface area (Å²) in [5, 5.41) is 7.33. The summed E-state index contributed by atoms with van der Waals surface area (Å²) in [7, 11) is 0. The number of nitrogens with one attached hydrogen (secondary N) is 1. The van der Waals surface area contributed by atoms with Gasteiger partial charge in [-0.15, -0.1) is 0 Å². The first-order valence-electron chi connectivity index (χ1n) is 7.37. The summed E-state index contributed by atoms with van der Waals surface area (Å²) in [6, 6.07) is 8.34. The average Bonchev–Trinajstić information content (AvgIpc) is 2.58. The predicted molar refractivity (Wildman–Crippen MR) is 96.1 cm³/mol. The van der Waals surface area contributed by atoms with Gasteiger partial charge in [-0.25, -0.2) is 4.39 Å². The third-order valence-electron chi connectivity index (χ3n) is 3.61. The number of anilines is 1. The topological polar surface area (TPSA) is 64.0 Å². The molecule has 128 valence electrons. The standard InChI is InChI=1S/C17H12Cl2FN3O2/c1-2-23-14-6-4-10(20)8-11(14)16(24)15(22-23)17(25)21-13-7-9(18)3-5-12(13)19/h3-8H,2H2,1H3,(H,21,25). The number of amides is 1. The lowest BCUT2D eigenvalue weighted by Crippen LogP contribution is -2.27. The van der Waals surface area contributed by atoms with E-state index >= 15 is 0 Å². The second kappa shape index (κ2) is 6.82. The van der Waals surface area contributed by atoms with Gasteiger partial charge in [-0.1, -0.05) is 23.2 Å². The van der Waals surface area contributed by atoms with E-state index in [1.165, 1.54) is 28.9 Å². The Labute approximate surface area is 152 Å². The molecule has 0 unspecified atom stereocenters. The van der Waals surface area contributed by atoms with Crippen LogP contribution in [-0.2, 0) is 6.54 Å². The number of rotatable bonds is 3. The van der Waals surface area contributed by atoms with Crippen LogP contribution in [-0.4, -0.2) is 15.7 Å². The number of nitrogens with zero attached hydrogens (tertiary/aromatic N) is 2. The molecule has 1 heterocycles. The molecule has 25 heavy (non-hydrogen) atoms. The summed E-state index contributed by atoms with van der Waals surface area (Å²) in [6.07, 6.45) is 0. The van der Waals surface area contributed by atoms with Crippen molar-refractivity contribution in [2.24, 2.45) is 0 Å². The van der Waals surface area contributed by atoms with E-state index in [0.717, 1.165) is 6.07 Å². The first-order chi connectivity index (χ1) is 11.9. The smallest absolute Gasteiger partial charge is 0.280 e. The van der Waals surface area contributed by atoms with Crippen molar-refractivity contribution >= 4 is 45.7 Å². The number of aryl methyl sites for hydroxylation is 1. The molecular formula is C17H12Cl2FN3O2. The van der Waals surface area contributed by atoms with E-state index in [4.69, 9.17) is 23.2 Å². The van der Waals surface area contributed by atoms with Gasteiger partial charge < -0.3 is 5.32 Å². The highest BCUT2D eigenvalue weighted by atomic mass is 35.5. The number of hydrogen-bond acceptors (Lipinski definition) is 3. The van der Waals surface area contributed by atoms with Crippen LogP contribution in [0.15, 0.2) is 41.2 Å². The van der Waals surface area contributed by atoms with E-state index in [-0.39, 0.29) is 21.8 Å². The molecule has 0 spiro atoms. The minimum atomic E-state index is -0.748. The summed E-state index contributed by atoms with van der Waals surface area (Å²) < 4.78 is 15.0. The lowest BCUT2D eigenvalue weighted by atomic mass is 10.2. The van der Waals surface area contributed by atoms with Crippen LogP contribution in [0.5, 0.6) is 0 Å². The van der Waals surface area contributed by atoms with Crippen LogP contribution in [0, 0.1) is 5.82 Å². The van der Waals surface area contributed by atoms with E-state index in [9.17, 15) is 14.0 Å². The van der Waals surface area contributed by atoms with E-state index in [1.54, 1.807) is 13.0 Å². The fourth-order valence-electron chi connectivity index (χ4n) is 2.43. The van der Waals surface area contributed by atoms with Gasteiger partial charge in [-0.3, -0.25) is 14.3 Å². The van der Waals surface area contributed by atoms with Crippen LogP contribution in [0.2, 0.25) is 10.0 Å². The largest absolute Gasteiger partial charge is 0.319 e. The number of carbonyl (C=O) groups excluding carboxylic acids is 1. The Bertz CT molecular complexity index is 1050. The summed E-state index contributed by atoms with van der Waals surface area (Å²) in [5.74, 6) is -1.31. The third-order valence-corrected chi connectivity index (χ3v) is 4.17. The summed E-state index contributed by atoms with van der Waals surface area (Å²) >= 11 is 11.9. The van der Waals surface area contributed by atoms with E-state index < -0.39 is 17.2 Å². The summed E-state index contributed by atoms with van der Waals surface area (Å²) in [4.78, 5) is 25.1. The molecule has 3 aromatic rings. The van der Waals surface area contributed by atoms with Gasteiger partial charge in [0.05, 0.1) is 21.6 Å². The molecule has 2 aromatic carbocycles. The molecule has 1 N–H and O–H groups in total. The highest BCUT2D eigenvalue weighted by molar-refractivity contribution is 6.35. The normalized spacial score (nSPS) is 10.9. The minimum Gasteiger partial charge on any atom is -0.319 e. The molecule has 0 aliphatic carbocycles. The van der Waals surface area contributed by atoms with Gasteiger partial charge in [0, 0.05) is 11.6 Å². The van der Waals surface area contributed by atoms with E-state index in [1.807, 2.05) is 0 Å². The Morgan fingerprint density at radius 1 is 1.24 bits per heavy atom. The van der Waals surface area contributed by atoms with Gasteiger partial charge in [0.25, 0.3) is 5.91 Å². The molecule has 8 heteroatoms. The summed E-state index contributed by atoms with van der Waals surface area (Å²) in [6.45, 7) is 2.20. The average molecular weight is 380 g/mol. The quantitative estimate of drug-likeness (QED) is 0.744. The Balaban J connectivity index is 2.11. The molecule has 0 saturated carbocycles. The van der Waals surface area contributed by atoms with Crippen LogP contribution in [0.25, 0.3) is 10.9 Å². The van der Waals surface area contributed by atoms with Gasteiger partial charge in [-0.2, -0.15) is 5.10 Å². The van der Waals surface area contributed by atoms with Crippen LogP contribution in [0.4, 0.5) is 10.1 Å². The number of aromatic nitrogens is 2. The lowest BCUT2D eigenvalue weighted by molar-refractivity contribution is 0.101. The van der Waals surface area contributed by atoms with Gasteiger partial charge in [0.1, 0.15) is 5.82 Å². The molecule has 0 fully saturated rings. The molecule has 0 radical (unpaired) electrons. The zero-order valence-corrected chi connectivity index (χ0v) is 14.5. The molecule has 1 aromatic heterocycles. The zero-order chi connectivity index (χ0) is 18.1. The fourth-order valence-corrected chi connectivity index (χ4v) is 2.76. The minimum absolute atomic E-state index is 0.0826. The second-order valence-corrected chi connectivity index (χ2v) is 6.08. The van der Waals surface area contributed by atoms with Crippen LogP contribution < -0.4 is 10.7 Å². The van der Waals surface area contributed by atoms with E-state index in [0.29, 0.717) is 17.1 Å². The molecule has 0 bridgehead atoms. The molecular weight excluding hydrogens is 368 g/mol. The van der Waals surface area contributed by atoms with Crippen LogP contribution in [0.3, 0.4) is 0 Å². The van der Waals surface area contributed by atoms with Crippen molar-refractivity contribution in [2.75, 3.05) is 5.32 Å². The number of halogens is 3. The maximum atomic E-state index is 13.5. The Kier molecular flexibility index (Phi) is 4.74. The fraction of sp³-hybridized carbons (Fsp3) is 0.118. The third kappa shape index (κ3) is 3.36. The first-order valence-corrected chi connectivity index (χ1v) is 8.13. The van der Waals surface area contributed by atoms with Crippen molar-refractivity contribution in [3.8, 4) is 0 Å². The number of benzene rings is 2. The van der Waals surface area contributed by atoms with Gasteiger partial charge in [0.15, 0.2) is 5.69 Å². The predicted octanol–water partition coefficient (Wildman–Crippen LogP) is 4.11. The zero-order valence-electron chi connectivity index (χ0n) is 13.0. The van der Waals surface area contributed by atoms with Crippen molar-refractivity contribution in [3.63, 3.8) is 0 Å². The number of fused-ring (bicyclic) bond motifs is 1. The van der Waals surface area contributed by atoms with Gasteiger partial charge in [0.2, 0.25) is 5.43 Å². The second-order valence-electron chi connectivity index (χ2n) is 5.23. The molecule has 0 aliphatic rings. The van der Waals surface area contributed by atoms with E-state index in [2.05, 4.69) is 10.4 Å². The Morgan fingerprint density at radius 2 is 2.00 bits per heavy atom. The Hall–Kier alpha value is -2.44. The number of carbonyl (C=O) groups is 1. The van der Waals surface area contributed by atoms with Gasteiger partial charge in [-0.05, 0) is 43.3 Å². The molecule has 5 nitrogen and oxygen atoms in total. The van der Waals surface area contributed by atoms with Crippen molar-refractivity contribution in [2.45, 2.75) is 13.5 Å².